The molecule has 2 aromatic carbocycles. The Hall–Kier alpha value is -4.07. The van der Waals surface area contributed by atoms with Gasteiger partial charge in [-0.05, 0) is 68.7 Å². The van der Waals surface area contributed by atoms with Gasteiger partial charge in [0.25, 0.3) is 5.91 Å². The number of nitriles is 1. The zero-order chi connectivity index (χ0) is 27.4. The summed E-state index contributed by atoms with van der Waals surface area (Å²) in [7, 11) is 0. The molecule has 3 aromatic rings. The van der Waals surface area contributed by atoms with Crippen LogP contribution in [0.25, 0.3) is 0 Å². The number of aromatic nitrogens is 2. The van der Waals surface area contributed by atoms with Crippen LogP contribution in [0.3, 0.4) is 0 Å². The Morgan fingerprint density at radius 3 is 2.35 bits per heavy atom. The molecule has 11 heteroatoms. The van der Waals surface area contributed by atoms with E-state index in [0.717, 1.165) is 6.07 Å². The van der Waals surface area contributed by atoms with Crippen molar-refractivity contribution in [2.45, 2.75) is 50.9 Å². The van der Waals surface area contributed by atoms with Gasteiger partial charge < -0.3 is 10.1 Å². The van der Waals surface area contributed by atoms with Gasteiger partial charge in [-0.25, -0.2) is 18.7 Å². The molecule has 0 fully saturated rings. The molecule has 0 aliphatic rings. The Kier molecular flexibility index (Phi) is 8.11. The Balaban J connectivity index is 1.85. The monoisotopic (exact) mass is 518 g/mol. The summed E-state index contributed by atoms with van der Waals surface area (Å²) in [5, 5.41) is 12.0. The number of ether oxygens (including phenoxy) is 1. The van der Waals surface area contributed by atoms with E-state index in [1.54, 1.807) is 19.1 Å². The lowest BCUT2D eigenvalue weighted by atomic mass is 9.85. The van der Waals surface area contributed by atoms with Crippen LogP contribution in [0.1, 0.15) is 49.1 Å². The van der Waals surface area contributed by atoms with Gasteiger partial charge in [-0.1, -0.05) is 12.1 Å². The first-order valence-electron chi connectivity index (χ1n) is 11.1. The van der Waals surface area contributed by atoms with Crippen LogP contribution in [0.15, 0.2) is 54.9 Å². The molecule has 1 heterocycles. The molecule has 194 valence electrons. The van der Waals surface area contributed by atoms with Crippen LogP contribution >= 0.6 is 0 Å². The average Bonchev–Trinajstić information content (AvgIpc) is 2.82. The first-order valence-corrected chi connectivity index (χ1v) is 11.1. The maximum absolute atomic E-state index is 14.2. The lowest BCUT2D eigenvalue weighted by Gasteiger charge is -2.30. The highest BCUT2D eigenvalue weighted by Gasteiger charge is 2.36. The number of carbonyl (C=O) groups excluding carboxylic acids is 1. The summed E-state index contributed by atoms with van der Waals surface area (Å²) < 4.78 is 72.0. The van der Waals surface area contributed by atoms with Crippen molar-refractivity contribution in [2.75, 3.05) is 0 Å². The summed E-state index contributed by atoms with van der Waals surface area (Å²) in [5.41, 5.74) is -1.65. The topological polar surface area (TPSA) is 87.9 Å². The predicted molar refractivity (Wildman–Crippen MR) is 123 cm³/mol. The third-order valence-electron chi connectivity index (χ3n) is 5.65. The number of nitrogens with one attached hydrogen (secondary N) is 1. The van der Waals surface area contributed by atoms with E-state index in [0.29, 0.717) is 23.5 Å². The zero-order valence-electron chi connectivity index (χ0n) is 20.1. The Labute approximate surface area is 210 Å². The summed E-state index contributed by atoms with van der Waals surface area (Å²) >= 11 is 0. The highest BCUT2D eigenvalue weighted by atomic mass is 19.4. The minimum atomic E-state index is -4.72. The summed E-state index contributed by atoms with van der Waals surface area (Å²) in [6.45, 7) is 4.37. The maximum Gasteiger partial charge on any atom is 0.433 e. The highest BCUT2D eigenvalue weighted by molar-refractivity contribution is 5.85. The third-order valence-corrected chi connectivity index (χ3v) is 5.65. The fourth-order valence-corrected chi connectivity index (χ4v) is 3.69. The van der Waals surface area contributed by atoms with E-state index in [2.05, 4.69) is 15.3 Å². The van der Waals surface area contributed by atoms with Gasteiger partial charge in [0.05, 0.1) is 11.6 Å². The molecule has 0 bridgehead atoms. The zero-order valence-corrected chi connectivity index (χ0v) is 20.1. The van der Waals surface area contributed by atoms with Crippen molar-refractivity contribution in [3.63, 3.8) is 0 Å². The molecular formula is C26H23F5N4O2. The van der Waals surface area contributed by atoms with Crippen molar-refractivity contribution in [2.24, 2.45) is 0 Å². The van der Waals surface area contributed by atoms with Crippen molar-refractivity contribution >= 4 is 5.91 Å². The van der Waals surface area contributed by atoms with Crippen molar-refractivity contribution in [3.05, 3.63) is 88.9 Å². The van der Waals surface area contributed by atoms with Gasteiger partial charge in [-0.15, -0.1) is 0 Å². The first-order chi connectivity index (χ1) is 17.3. The molecule has 0 spiro atoms. The predicted octanol–water partition coefficient (Wildman–Crippen LogP) is 5.33. The van der Waals surface area contributed by atoms with Crippen LogP contribution in [0.4, 0.5) is 22.0 Å². The Morgan fingerprint density at radius 1 is 1.05 bits per heavy atom. The van der Waals surface area contributed by atoms with E-state index in [-0.39, 0.29) is 12.0 Å². The van der Waals surface area contributed by atoms with Gasteiger partial charge in [0.15, 0.2) is 11.3 Å². The van der Waals surface area contributed by atoms with Gasteiger partial charge in [-0.3, -0.25) is 4.79 Å². The molecule has 37 heavy (non-hydrogen) atoms. The number of hydrogen-bond donors (Lipinski definition) is 1. The molecule has 0 aliphatic heterocycles. The minimum Gasteiger partial charge on any atom is -0.461 e. The number of nitrogens with zero attached hydrogens (tertiary/aromatic N) is 3. The number of halogens is 5. The van der Waals surface area contributed by atoms with E-state index in [9.17, 15) is 32.0 Å². The summed E-state index contributed by atoms with van der Waals surface area (Å²) in [4.78, 5) is 19.9. The smallest absolute Gasteiger partial charge is 0.433 e. The molecular weight excluding hydrogens is 495 g/mol. The molecule has 0 saturated carbocycles. The number of hydrogen-bond acceptors (Lipinski definition) is 5. The van der Waals surface area contributed by atoms with Gasteiger partial charge in [0, 0.05) is 18.0 Å². The van der Waals surface area contributed by atoms with Crippen LogP contribution in [0.2, 0.25) is 0 Å². The largest absolute Gasteiger partial charge is 0.461 e. The van der Waals surface area contributed by atoms with Crippen molar-refractivity contribution in [3.8, 4) is 11.9 Å². The number of amides is 1. The SMILES string of the molecule is CC(NC(=O)C(C)(C)Oc1cc(C(F)(F)F)ncn1)C(Cc1ccc(F)cc1)c1cc(F)cc(C#N)c1. The van der Waals surface area contributed by atoms with Gasteiger partial charge in [-0.2, -0.15) is 18.4 Å². The van der Waals surface area contributed by atoms with Crippen LogP contribution in [-0.2, 0) is 17.4 Å². The molecule has 6 nitrogen and oxygen atoms in total. The fourth-order valence-electron chi connectivity index (χ4n) is 3.69. The number of carbonyl (C=O) groups is 1. The molecule has 0 saturated heterocycles. The standard InChI is InChI=1S/C26H23F5N4O2/c1-15(35-24(36)25(2,3)37-23-12-22(26(29,30)31)33-14-34-23)21(10-16-4-6-19(27)7-5-16)18-8-17(13-32)9-20(28)11-18/h4-9,11-12,14-15,21H,10H2,1-3H3,(H,35,36). The Morgan fingerprint density at radius 2 is 1.73 bits per heavy atom. The van der Waals surface area contributed by atoms with E-state index >= 15 is 0 Å². The molecule has 1 N–H and O–H groups in total. The number of rotatable bonds is 8. The molecule has 2 atom stereocenters. The molecule has 3 rings (SSSR count). The van der Waals surface area contributed by atoms with E-state index in [1.165, 1.54) is 38.1 Å². The second-order valence-electron chi connectivity index (χ2n) is 8.94. The maximum atomic E-state index is 14.2. The van der Waals surface area contributed by atoms with Crippen LogP contribution in [-0.4, -0.2) is 27.5 Å². The van der Waals surface area contributed by atoms with Gasteiger partial charge in [0.2, 0.25) is 5.88 Å². The fraction of sp³-hybridized carbons (Fsp3) is 0.308. The summed E-state index contributed by atoms with van der Waals surface area (Å²) in [5.74, 6) is -2.74. The lowest BCUT2D eigenvalue weighted by Crippen LogP contribution is -2.51. The first kappa shape index (κ1) is 27.5. The van der Waals surface area contributed by atoms with Crippen LogP contribution < -0.4 is 10.1 Å². The van der Waals surface area contributed by atoms with Gasteiger partial charge in [0.1, 0.15) is 18.0 Å². The van der Waals surface area contributed by atoms with E-state index in [1.807, 2.05) is 6.07 Å². The average molecular weight is 518 g/mol. The Bertz CT molecular complexity index is 1300. The summed E-state index contributed by atoms with van der Waals surface area (Å²) in [6, 6.07) is 11.3. The lowest BCUT2D eigenvalue weighted by molar-refractivity contribution is -0.141. The van der Waals surface area contributed by atoms with Crippen LogP contribution in [0.5, 0.6) is 5.88 Å². The normalized spacial score (nSPS) is 13.4. The highest BCUT2D eigenvalue weighted by Crippen LogP contribution is 2.30. The molecule has 2 unspecified atom stereocenters. The van der Waals surface area contributed by atoms with Crippen molar-refractivity contribution in [1.82, 2.24) is 15.3 Å². The number of benzene rings is 2. The van der Waals surface area contributed by atoms with Crippen LogP contribution in [0, 0.1) is 23.0 Å². The van der Waals surface area contributed by atoms with Crippen molar-refractivity contribution < 1.29 is 31.5 Å². The molecule has 1 amide bonds. The molecule has 0 aliphatic carbocycles. The number of alkyl halides is 3. The second-order valence-corrected chi connectivity index (χ2v) is 8.94. The minimum absolute atomic E-state index is 0.0885. The van der Waals surface area contributed by atoms with Gasteiger partial charge >= 0.3 is 6.18 Å². The van der Waals surface area contributed by atoms with E-state index in [4.69, 9.17) is 4.74 Å². The quantitative estimate of drug-likeness (QED) is 0.407. The van der Waals surface area contributed by atoms with E-state index < -0.39 is 52.9 Å². The summed E-state index contributed by atoms with van der Waals surface area (Å²) in [6.07, 6.45) is -3.77. The van der Waals surface area contributed by atoms with Crippen molar-refractivity contribution in [1.29, 1.82) is 5.26 Å². The molecule has 1 aromatic heterocycles. The third kappa shape index (κ3) is 7.22. The second kappa shape index (κ2) is 10.9. The molecule has 0 radical (unpaired) electrons.